The molecule has 2 heterocycles. The maximum atomic E-state index is 13.0. The van der Waals surface area contributed by atoms with Crippen molar-refractivity contribution >= 4 is 5.97 Å². The smallest absolute Gasteiger partial charge is 0.313 e. The fraction of sp³-hybridized carbons (Fsp3) is 0.650. The topological polar surface area (TPSA) is 59.7 Å². The van der Waals surface area contributed by atoms with Crippen molar-refractivity contribution in [3.63, 3.8) is 0 Å². The van der Waals surface area contributed by atoms with Gasteiger partial charge in [-0.25, -0.2) is 0 Å². The van der Waals surface area contributed by atoms with E-state index >= 15 is 0 Å². The van der Waals surface area contributed by atoms with Crippen LogP contribution < -0.4 is 0 Å². The molecule has 2 bridgehead atoms. The van der Waals surface area contributed by atoms with Crippen LogP contribution in [-0.2, 0) is 9.53 Å². The van der Waals surface area contributed by atoms with Crippen molar-refractivity contribution in [3.05, 3.63) is 36.3 Å². The maximum absolute atomic E-state index is 13.0. The number of hydrogen-bond donors (Lipinski definition) is 1. The molecule has 2 aliphatic carbocycles. The van der Waals surface area contributed by atoms with E-state index in [0.717, 1.165) is 43.2 Å². The van der Waals surface area contributed by atoms with Crippen LogP contribution >= 0.6 is 0 Å². The summed E-state index contributed by atoms with van der Waals surface area (Å²) in [5.41, 5.74) is 1.44. The van der Waals surface area contributed by atoms with Gasteiger partial charge in [0.05, 0.1) is 30.7 Å². The number of aliphatic hydroxyl groups excluding tert-OH is 1. The van der Waals surface area contributed by atoms with Crippen molar-refractivity contribution in [1.29, 1.82) is 0 Å². The molecule has 4 heteroatoms. The third kappa shape index (κ3) is 2.12. The molecular weight excluding hydrogens is 304 g/mol. The summed E-state index contributed by atoms with van der Waals surface area (Å²) in [4.78, 5) is 13.0. The number of cyclic esters (lactones) is 1. The van der Waals surface area contributed by atoms with E-state index in [0.29, 0.717) is 18.9 Å². The standard InChI is InChI=1S/C20H26O4/c1-13-4-5-17-19(2)7-3-8-20(17,18(22)24-12-19)15(13)10-16(21)14-6-9-23-11-14/h6,9,11,15-17,21H,1,3-5,7-8,10,12H2,2H3/t15-,16+,17?,19+,20-/m1/s1. The van der Waals surface area contributed by atoms with Gasteiger partial charge < -0.3 is 14.3 Å². The summed E-state index contributed by atoms with van der Waals surface area (Å²) in [5, 5.41) is 10.7. The average Bonchev–Trinajstić information content (AvgIpc) is 3.09. The summed E-state index contributed by atoms with van der Waals surface area (Å²) in [6.45, 7) is 7.09. The lowest BCUT2D eigenvalue weighted by molar-refractivity contribution is -0.209. The van der Waals surface area contributed by atoms with E-state index in [2.05, 4.69) is 13.5 Å². The second kappa shape index (κ2) is 5.48. The second-order valence-electron chi connectivity index (χ2n) is 8.23. The monoisotopic (exact) mass is 330 g/mol. The van der Waals surface area contributed by atoms with Crippen molar-refractivity contribution in [2.75, 3.05) is 6.61 Å². The summed E-state index contributed by atoms with van der Waals surface area (Å²) in [7, 11) is 0. The highest BCUT2D eigenvalue weighted by Gasteiger charge is 2.64. The number of carbonyl (C=O) groups excluding carboxylic acids is 1. The zero-order chi connectivity index (χ0) is 16.9. The molecule has 5 atom stereocenters. The fourth-order valence-corrected chi connectivity index (χ4v) is 5.77. The van der Waals surface area contributed by atoms with E-state index in [1.54, 1.807) is 18.6 Å². The van der Waals surface area contributed by atoms with Gasteiger partial charge in [-0.3, -0.25) is 4.79 Å². The molecule has 1 saturated heterocycles. The van der Waals surface area contributed by atoms with E-state index in [-0.39, 0.29) is 17.3 Å². The first-order chi connectivity index (χ1) is 11.5. The van der Waals surface area contributed by atoms with Crippen LogP contribution in [0.15, 0.2) is 35.2 Å². The highest BCUT2D eigenvalue weighted by Crippen LogP contribution is 2.65. The number of allylic oxidation sites excluding steroid dienone is 1. The van der Waals surface area contributed by atoms with Crippen LogP contribution in [0.4, 0.5) is 0 Å². The Bertz CT molecular complexity index is 649. The van der Waals surface area contributed by atoms with Crippen molar-refractivity contribution in [3.8, 4) is 0 Å². The lowest BCUT2D eigenvalue weighted by Gasteiger charge is -2.61. The molecule has 1 aromatic rings. The molecule has 3 aliphatic rings. The molecule has 3 fully saturated rings. The van der Waals surface area contributed by atoms with Gasteiger partial charge in [-0.05, 0) is 50.0 Å². The van der Waals surface area contributed by atoms with E-state index in [9.17, 15) is 9.90 Å². The molecule has 4 rings (SSSR count). The van der Waals surface area contributed by atoms with E-state index in [4.69, 9.17) is 9.15 Å². The number of rotatable bonds is 3. The Morgan fingerprint density at radius 3 is 3.04 bits per heavy atom. The molecule has 1 unspecified atom stereocenters. The summed E-state index contributed by atoms with van der Waals surface area (Å²) in [6, 6.07) is 1.79. The Kier molecular flexibility index (Phi) is 3.64. The lowest BCUT2D eigenvalue weighted by atomic mass is 9.45. The third-order valence-electron chi connectivity index (χ3n) is 6.97. The zero-order valence-electron chi connectivity index (χ0n) is 14.3. The van der Waals surface area contributed by atoms with Crippen LogP contribution in [0.25, 0.3) is 0 Å². The van der Waals surface area contributed by atoms with Crippen molar-refractivity contribution in [2.45, 2.75) is 51.6 Å². The molecular formula is C20H26O4. The molecule has 0 aromatic carbocycles. The predicted octanol–water partition coefficient (Wildman–Crippen LogP) is 4.02. The van der Waals surface area contributed by atoms with Gasteiger partial charge in [0, 0.05) is 11.0 Å². The number of carbonyl (C=O) groups is 1. The Hall–Kier alpha value is -1.55. The van der Waals surface area contributed by atoms with E-state index in [1.807, 2.05) is 0 Å². The largest absolute Gasteiger partial charge is 0.472 e. The van der Waals surface area contributed by atoms with Crippen LogP contribution in [0.5, 0.6) is 0 Å². The van der Waals surface area contributed by atoms with E-state index in [1.165, 1.54) is 0 Å². The Balaban J connectivity index is 1.71. The van der Waals surface area contributed by atoms with Gasteiger partial charge in [-0.2, -0.15) is 0 Å². The summed E-state index contributed by atoms with van der Waals surface area (Å²) in [6.07, 6.45) is 8.01. The number of hydrogen-bond acceptors (Lipinski definition) is 4. The molecule has 1 aliphatic heterocycles. The normalized spacial score (nSPS) is 39.9. The Morgan fingerprint density at radius 2 is 2.29 bits per heavy atom. The molecule has 0 spiro atoms. The first-order valence-corrected chi connectivity index (χ1v) is 9.02. The summed E-state index contributed by atoms with van der Waals surface area (Å²) in [5.74, 6) is 0.260. The van der Waals surface area contributed by atoms with Gasteiger partial charge in [0.15, 0.2) is 0 Å². The van der Waals surface area contributed by atoms with E-state index < -0.39 is 11.5 Å². The number of esters is 1. The lowest BCUT2D eigenvalue weighted by Crippen LogP contribution is -2.61. The van der Waals surface area contributed by atoms with Crippen LogP contribution in [0.3, 0.4) is 0 Å². The first-order valence-electron chi connectivity index (χ1n) is 9.02. The van der Waals surface area contributed by atoms with Crippen LogP contribution in [-0.4, -0.2) is 17.7 Å². The maximum Gasteiger partial charge on any atom is 0.313 e. The average molecular weight is 330 g/mol. The molecule has 0 amide bonds. The quantitative estimate of drug-likeness (QED) is 0.672. The van der Waals surface area contributed by atoms with Gasteiger partial charge in [0.2, 0.25) is 0 Å². The minimum Gasteiger partial charge on any atom is -0.472 e. The molecule has 4 nitrogen and oxygen atoms in total. The van der Waals surface area contributed by atoms with Crippen molar-refractivity contribution < 1.29 is 19.1 Å². The Labute approximate surface area is 142 Å². The minimum atomic E-state index is -0.637. The highest BCUT2D eigenvalue weighted by molar-refractivity contribution is 5.80. The molecule has 1 N–H and O–H groups in total. The van der Waals surface area contributed by atoms with Crippen LogP contribution in [0.2, 0.25) is 0 Å². The van der Waals surface area contributed by atoms with Crippen LogP contribution in [0, 0.1) is 22.7 Å². The Morgan fingerprint density at radius 1 is 1.46 bits per heavy atom. The minimum absolute atomic E-state index is 0.0198. The van der Waals surface area contributed by atoms with Crippen molar-refractivity contribution in [1.82, 2.24) is 0 Å². The SMILES string of the molecule is C=C1CCC2[C@@]3(C)CCC[C@@]2(C(=O)OC3)[C@@H]1C[C@H](O)c1ccoc1. The van der Waals surface area contributed by atoms with Crippen molar-refractivity contribution in [2.24, 2.45) is 22.7 Å². The molecule has 0 radical (unpaired) electrons. The third-order valence-corrected chi connectivity index (χ3v) is 6.97. The number of aliphatic hydroxyl groups is 1. The first kappa shape index (κ1) is 15.9. The summed E-state index contributed by atoms with van der Waals surface area (Å²) < 4.78 is 10.8. The van der Waals surface area contributed by atoms with Gasteiger partial charge in [0.25, 0.3) is 0 Å². The molecule has 24 heavy (non-hydrogen) atoms. The number of ether oxygens (including phenoxy) is 1. The number of furan rings is 1. The van der Waals surface area contributed by atoms with Crippen LogP contribution in [0.1, 0.15) is 57.1 Å². The fourth-order valence-electron chi connectivity index (χ4n) is 5.77. The van der Waals surface area contributed by atoms with Gasteiger partial charge >= 0.3 is 5.97 Å². The zero-order valence-corrected chi connectivity index (χ0v) is 14.3. The summed E-state index contributed by atoms with van der Waals surface area (Å²) >= 11 is 0. The predicted molar refractivity (Wildman–Crippen MR) is 89.0 cm³/mol. The highest BCUT2D eigenvalue weighted by atomic mass is 16.5. The molecule has 2 saturated carbocycles. The van der Waals surface area contributed by atoms with Gasteiger partial charge in [0.1, 0.15) is 0 Å². The second-order valence-corrected chi connectivity index (χ2v) is 8.23. The molecule has 1 aromatic heterocycles. The van der Waals surface area contributed by atoms with Gasteiger partial charge in [-0.15, -0.1) is 0 Å². The van der Waals surface area contributed by atoms with Gasteiger partial charge in [-0.1, -0.05) is 25.5 Å². The molecule has 130 valence electrons.